The molecule has 1 aliphatic carbocycles. The number of aliphatic hydroxyl groups excluding tert-OH is 1. The average molecular weight is 371 g/mol. The Kier molecular flexibility index (Phi) is 5.17. The van der Waals surface area contributed by atoms with Crippen molar-refractivity contribution in [2.45, 2.75) is 38.5 Å². The minimum absolute atomic E-state index is 0.0419. The van der Waals surface area contributed by atoms with Gasteiger partial charge in [-0.2, -0.15) is 0 Å². The van der Waals surface area contributed by atoms with Crippen molar-refractivity contribution >= 4 is 11.8 Å². The van der Waals surface area contributed by atoms with Crippen LogP contribution in [0.2, 0.25) is 0 Å². The van der Waals surface area contributed by atoms with E-state index in [9.17, 15) is 14.7 Å². The van der Waals surface area contributed by atoms with Crippen molar-refractivity contribution in [3.63, 3.8) is 0 Å². The lowest BCUT2D eigenvalue weighted by molar-refractivity contribution is -0.135. The van der Waals surface area contributed by atoms with E-state index in [0.29, 0.717) is 39.0 Å². The summed E-state index contributed by atoms with van der Waals surface area (Å²) in [6, 6.07) is 3.88. The quantitative estimate of drug-likeness (QED) is 0.851. The van der Waals surface area contributed by atoms with Crippen molar-refractivity contribution in [1.82, 2.24) is 14.8 Å². The Balaban J connectivity index is 1.35. The second-order valence-electron chi connectivity index (χ2n) is 8.55. The van der Waals surface area contributed by atoms with E-state index in [-0.39, 0.29) is 35.7 Å². The highest BCUT2D eigenvalue weighted by Gasteiger charge is 2.54. The third kappa shape index (κ3) is 3.59. The van der Waals surface area contributed by atoms with Crippen LogP contribution in [0.4, 0.5) is 0 Å². The third-order valence-electron chi connectivity index (χ3n) is 6.82. The van der Waals surface area contributed by atoms with E-state index in [1.54, 1.807) is 12.4 Å². The van der Waals surface area contributed by atoms with Crippen molar-refractivity contribution < 1.29 is 14.7 Å². The summed E-state index contributed by atoms with van der Waals surface area (Å²) in [7, 11) is 0. The van der Waals surface area contributed by atoms with Gasteiger partial charge < -0.3 is 14.9 Å². The van der Waals surface area contributed by atoms with Crippen molar-refractivity contribution in [2.24, 2.45) is 17.3 Å². The fourth-order valence-electron chi connectivity index (χ4n) is 5.15. The molecule has 1 aromatic heterocycles. The van der Waals surface area contributed by atoms with Crippen LogP contribution >= 0.6 is 0 Å². The first-order valence-corrected chi connectivity index (χ1v) is 10.2. The van der Waals surface area contributed by atoms with E-state index in [1.807, 2.05) is 21.9 Å². The maximum atomic E-state index is 12.8. The number of hydrogen-bond acceptors (Lipinski definition) is 4. The molecule has 2 aliphatic heterocycles. The van der Waals surface area contributed by atoms with E-state index < -0.39 is 0 Å². The van der Waals surface area contributed by atoms with Gasteiger partial charge >= 0.3 is 0 Å². The number of carbonyl (C=O) groups is 2. The molecular formula is C21H29N3O3. The molecule has 146 valence electrons. The van der Waals surface area contributed by atoms with Crippen LogP contribution < -0.4 is 0 Å². The number of hydrogen-bond donors (Lipinski definition) is 1. The van der Waals surface area contributed by atoms with Crippen LogP contribution in [0.5, 0.6) is 0 Å². The maximum absolute atomic E-state index is 12.8. The summed E-state index contributed by atoms with van der Waals surface area (Å²) in [6.45, 7) is 2.55. The first-order chi connectivity index (χ1) is 13.1. The Bertz CT molecular complexity index is 689. The second-order valence-corrected chi connectivity index (χ2v) is 8.55. The van der Waals surface area contributed by atoms with E-state index in [2.05, 4.69) is 4.98 Å². The number of amides is 2. The van der Waals surface area contributed by atoms with E-state index in [4.69, 9.17) is 0 Å². The Morgan fingerprint density at radius 2 is 1.78 bits per heavy atom. The second kappa shape index (κ2) is 7.58. The Hall–Kier alpha value is -1.95. The summed E-state index contributed by atoms with van der Waals surface area (Å²) in [4.78, 5) is 33.3. The lowest BCUT2D eigenvalue weighted by atomic mass is 9.82. The number of nitrogens with zero attached hydrogens (tertiary/aromatic N) is 3. The molecule has 27 heavy (non-hydrogen) atoms. The lowest BCUT2D eigenvalue weighted by Gasteiger charge is -2.28. The van der Waals surface area contributed by atoms with Crippen LogP contribution in [-0.4, -0.2) is 64.5 Å². The van der Waals surface area contributed by atoms with Gasteiger partial charge in [0.25, 0.3) is 0 Å². The SMILES string of the molecule is O=C(CCc1ccncc1)N1C[C@H]2CN(C(=O)C3CCCC3)C[C@@]2(CO)C1. The highest BCUT2D eigenvalue weighted by molar-refractivity contribution is 5.80. The van der Waals surface area contributed by atoms with Crippen molar-refractivity contribution in [1.29, 1.82) is 0 Å². The van der Waals surface area contributed by atoms with Gasteiger partial charge in [-0.1, -0.05) is 12.8 Å². The summed E-state index contributed by atoms with van der Waals surface area (Å²) < 4.78 is 0. The molecule has 2 amide bonds. The Morgan fingerprint density at radius 1 is 1.11 bits per heavy atom. The number of carbonyl (C=O) groups excluding carboxylic acids is 2. The summed E-state index contributed by atoms with van der Waals surface area (Å²) in [5.41, 5.74) is 0.781. The smallest absolute Gasteiger partial charge is 0.225 e. The van der Waals surface area contributed by atoms with Crippen LogP contribution in [0, 0.1) is 17.3 Å². The first-order valence-electron chi connectivity index (χ1n) is 10.2. The van der Waals surface area contributed by atoms with Crippen LogP contribution in [-0.2, 0) is 16.0 Å². The average Bonchev–Trinajstić information content (AvgIpc) is 3.40. The van der Waals surface area contributed by atoms with E-state index >= 15 is 0 Å². The zero-order valence-corrected chi connectivity index (χ0v) is 15.8. The van der Waals surface area contributed by atoms with Gasteiger partial charge in [0, 0.05) is 62.2 Å². The fraction of sp³-hybridized carbons (Fsp3) is 0.667. The van der Waals surface area contributed by atoms with Gasteiger partial charge in [-0.3, -0.25) is 14.6 Å². The number of rotatable bonds is 5. The molecule has 6 nitrogen and oxygen atoms in total. The Morgan fingerprint density at radius 3 is 2.44 bits per heavy atom. The molecule has 3 aliphatic rings. The lowest BCUT2D eigenvalue weighted by Crippen LogP contribution is -2.41. The number of fused-ring (bicyclic) bond motifs is 1. The third-order valence-corrected chi connectivity index (χ3v) is 6.82. The van der Waals surface area contributed by atoms with Crippen LogP contribution in [0.15, 0.2) is 24.5 Å². The molecule has 0 unspecified atom stereocenters. The van der Waals surface area contributed by atoms with Crippen molar-refractivity contribution in [3.05, 3.63) is 30.1 Å². The first kappa shape index (κ1) is 18.4. The minimum Gasteiger partial charge on any atom is -0.396 e. The zero-order valence-electron chi connectivity index (χ0n) is 15.8. The number of pyridine rings is 1. The summed E-state index contributed by atoms with van der Waals surface area (Å²) in [5, 5.41) is 10.1. The highest BCUT2D eigenvalue weighted by atomic mass is 16.3. The van der Waals surface area contributed by atoms with Gasteiger partial charge in [0.1, 0.15) is 0 Å². The van der Waals surface area contributed by atoms with Gasteiger partial charge in [0.05, 0.1) is 6.61 Å². The normalized spacial score (nSPS) is 28.0. The van der Waals surface area contributed by atoms with Gasteiger partial charge in [-0.05, 0) is 37.0 Å². The molecule has 2 saturated heterocycles. The summed E-state index contributed by atoms with van der Waals surface area (Å²) in [5.74, 6) is 0.781. The number of aryl methyl sites for hydroxylation is 1. The van der Waals surface area contributed by atoms with Gasteiger partial charge in [-0.25, -0.2) is 0 Å². The topological polar surface area (TPSA) is 73.7 Å². The standard InChI is InChI=1S/C21H29N3O3/c25-15-21-13-23(19(26)6-5-16-7-9-22-10-8-16)11-18(21)12-24(14-21)20(27)17-3-1-2-4-17/h7-10,17-18,25H,1-6,11-15H2/t18-,21+/m0/s1. The molecule has 2 atom stereocenters. The molecular weight excluding hydrogens is 342 g/mol. The monoisotopic (exact) mass is 371 g/mol. The summed E-state index contributed by atoms with van der Waals surface area (Å²) >= 11 is 0. The molecule has 1 saturated carbocycles. The largest absolute Gasteiger partial charge is 0.396 e. The molecule has 6 heteroatoms. The molecule has 3 heterocycles. The summed E-state index contributed by atoms with van der Waals surface area (Å²) in [6.07, 6.45) is 8.99. The fourth-order valence-corrected chi connectivity index (χ4v) is 5.15. The molecule has 0 spiro atoms. The molecule has 4 rings (SSSR count). The number of likely N-dealkylation sites (tertiary alicyclic amines) is 2. The van der Waals surface area contributed by atoms with Gasteiger partial charge in [0.2, 0.25) is 11.8 Å². The zero-order chi connectivity index (χ0) is 18.9. The van der Waals surface area contributed by atoms with Gasteiger partial charge in [0.15, 0.2) is 0 Å². The molecule has 0 bridgehead atoms. The van der Waals surface area contributed by atoms with Gasteiger partial charge in [-0.15, -0.1) is 0 Å². The van der Waals surface area contributed by atoms with E-state index in [1.165, 1.54) is 0 Å². The Labute approximate surface area is 160 Å². The molecule has 0 aromatic carbocycles. The minimum atomic E-state index is -0.333. The van der Waals surface area contributed by atoms with E-state index in [0.717, 1.165) is 31.2 Å². The maximum Gasteiger partial charge on any atom is 0.225 e. The molecule has 0 radical (unpaired) electrons. The molecule has 3 fully saturated rings. The number of aliphatic hydroxyl groups is 1. The van der Waals surface area contributed by atoms with Crippen LogP contribution in [0.25, 0.3) is 0 Å². The molecule has 1 N–H and O–H groups in total. The van der Waals surface area contributed by atoms with Crippen molar-refractivity contribution in [2.75, 3.05) is 32.8 Å². The predicted molar refractivity (Wildman–Crippen MR) is 101 cm³/mol. The highest BCUT2D eigenvalue weighted by Crippen LogP contribution is 2.43. The molecule has 1 aromatic rings. The van der Waals surface area contributed by atoms with Crippen LogP contribution in [0.1, 0.15) is 37.7 Å². The number of aromatic nitrogens is 1. The van der Waals surface area contributed by atoms with Crippen molar-refractivity contribution in [3.8, 4) is 0 Å². The van der Waals surface area contributed by atoms with Crippen LogP contribution in [0.3, 0.4) is 0 Å². The predicted octanol–water partition coefficient (Wildman–Crippen LogP) is 1.48.